The van der Waals surface area contributed by atoms with Crippen LogP contribution in [-0.4, -0.2) is 15.9 Å². The van der Waals surface area contributed by atoms with Gasteiger partial charge in [0.15, 0.2) is 16.9 Å². The zero-order valence-corrected chi connectivity index (χ0v) is 32.2. The Morgan fingerprint density at radius 1 is 0.936 bits per heavy atom. The standard InChI is InChI=1S/C25H18NO2S.C15H28O2.Ir/c1-25(2,3)18-13-16(12-15-8-11-29-24(15)18)21-20-17-5-4-14-7-10-27-22(14)23(17)28-19(20)6-9-26-21;1-7-14(5,8-2)12(16)11-13(17)15(6,9-3)10-4;/h4-11,13H,1-3H3;11,16H,7-10H2,1-6H3;/q-1;;/b;12-11-;. The van der Waals surface area contributed by atoms with E-state index in [0.29, 0.717) is 0 Å². The smallest absolute Gasteiger partial charge is 0.177 e. The van der Waals surface area contributed by atoms with Gasteiger partial charge in [-0.3, -0.25) is 9.78 Å². The number of nitrogens with zero attached hydrogens (tertiary/aromatic N) is 1. The van der Waals surface area contributed by atoms with Gasteiger partial charge in [-0.15, -0.1) is 23.6 Å². The summed E-state index contributed by atoms with van der Waals surface area (Å²) < 4.78 is 13.2. The summed E-state index contributed by atoms with van der Waals surface area (Å²) in [5.74, 6) is 0.286. The molecule has 0 saturated carbocycles. The van der Waals surface area contributed by atoms with Gasteiger partial charge in [-0.05, 0) is 53.3 Å². The van der Waals surface area contributed by atoms with Crippen molar-refractivity contribution >= 4 is 60.1 Å². The zero-order valence-electron chi connectivity index (χ0n) is 29.0. The predicted octanol–water partition coefficient (Wildman–Crippen LogP) is 12.4. The van der Waals surface area contributed by atoms with Crippen molar-refractivity contribution in [2.24, 2.45) is 10.8 Å². The number of aliphatic hydroxyl groups is 1. The van der Waals surface area contributed by atoms with E-state index in [4.69, 9.17) is 13.8 Å². The molecule has 1 radical (unpaired) electrons. The number of hydrogen-bond acceptors (Lipinski definition) is 6. The number of pyridine rings is 1. The molecule has 5 nitrogen and oxygen atoms in total. The van der Waals surface area contributed by atoms with Crippen LogP contribution in [0.2, 0.25) is 0 Å². The fourth-order valence-corrected chi connectivity index (χ4v) is 6.86. The minimum Gasteiger partial charge on any atom is -0.512 e. The first-order valence-electron chi connectivity index (χ1n) is 16.4. The molecule has 0 atom stereocenters. The van der Waals surface area contributed by atoms with Crippen molar-refractivity contribution in [1.29, 1.82) is 0 Å². The Morgan fingerprint density at radius 2 is 1.62 bits per heavy atom. The van der Waals surface area contributed by atoms with E-state index in [0.717, 1.165) is 75.2 Å². The minimum atomic E-state index is -0.337. The van der Waals surface area contributed by atoms with Crippen LogP contribution in [0.25, 0.3) is 54.3 Å². The van der Waals surface area contributed by atoms with E-state index in [-0.39, 0.29) is 47.9 Å². The number of fused-ring (bicyclic) bond motifs is 6. The summed E-state index contributed by atoms with van der Waals surface area (Å²) in [6.07, 6.45) is 8.26. The fourth-order valence-electron chi connectivity index (χ4n) is 5.78. The quantitative estimate of drug-likeness (QED) is 0.0939. The van der Waals surface area contributed by atoms with E-state index >= 15 is 0 Å². The molecule has 7 heteroatoms. The molecule has 0 aliphatic heterocycles. The molecule has 6 aromatic rings. The van der Waals surface area contributed by atoms with Crippen LogP contribution in [0, 0.1) is 16.9 Å². The molecule has 4 heterocycles. The van der Waals surface area contributed by atoms with Crippen LogP contribution in [0.4, 0.5) is 0 Å². The second kappa shape index (κ2) is 14.1. The maximum Gasteiger partial charge on any atom is 0.177 e. The third-order valence-electron chi connectivity index (χ3n) is 10.1. The fraction of sp³-hybridized carbons (Fsp3) is 0.400. The van der Waals surface area contributed by atoms with E-state index in [1.165, 1.54) is 16.3 Å². The molecule has 0 spiro atoms. The number of furan rings is 2. The molecule has 0 aliphatic rings. The van der Waals surface area contributed by atoms with Gasteiger partial charge in [0.1, 0.15) is 11.3 Å². The van der Waals surface area contributed by atoms with Gasteiger partial charge >= 0.3 is 0 Å². The van der Waals surface area contributed by atoms with Gasteiger partial charge < -0.3 is 13.9 Å². The SMILES string of the molecule is CC(C)(C)c1cc(-c2nccc3oc4c(ccc5ccoc54)c23)[c-]c2ccsc12.CCC(C)(CC)C(=O)/C=C(\O)C(C)(CC)CC.[Ir]. The number of ketones is 1. The molecule has 4 aromatic heterocycles. The van der Waals surface area contributed by atoms with Crippen LogP contribution < -0.4 is 0 Å². The number of rotatable bonds is 8. The van der Waals surface area contributed by atoms with Crippen LogP contribution in [-0.2, 0) is 30.3 Å². The second-order valence-corrected chi connectivity index (χ2v) is 14.8. The third-order valence-corrected chi connectivity index (χ3v) is 11.1. The van der Waals surface area contributed by atoms with E-state index in [1.807, 2.05) is 59.9 Å². The number of hydrogen-bond donors (Lipinski definition) is 1. The number of thiophene rings is 1. The van der Waals surface area contributed by atoms with Gasteiger partial charge in [0, 0.05) is 65.1 Å². The van der Waals surface area contributed by atoms with Crippen molar-refractivity contribution in [3.63, 3.8) is 0 Å². The van der Waals surface area contributed by atoms with Crippen LogP contribution >= 0.6 is 11.3 Å². The normalized spacial score (nSPS) is 12.8. The van der Waals surface area contributed by atoms with Gasteiger partial charge in [0.2, 0.25) is 0 Å². The Kier molecular flexibility index (Phi) is 11.0. The van der Waals surface area contributed by atoms with Crippen molar-refractivity contribution in [2.45, 2.75) is 93.4 Å². The first kappa shape index (κ1) is 36.6. The Bertz CT molecular complexity index is 2050. The molecular formula is C40H46IrNO4S-. The molecule has 0 aliphatic carbocycles. The summed E-state index contributed by atoms with van der Waals surface area (Å²) in [6.45, 7) is 18.8. The number of benzene rings is 2. The molecule has 2 aromatic carbocycles. The summed E-state index contributed by atoms with van der Waals surface area (Å²) in [4.78, 5) is 16.9. The number of allylic oxidation sites excluding steroid dienone is 2. The van der Waals surface area contributed by atoms with Crippen molar-refractivity contribution in [1.82, 2.24) is 4.98 Å². The molecule has 0 saturated heterocycles. The number of aliphatic hydroxyl groups excluding tert-OH is 1. The van der Waals surface area contributed by atoms with Gasteiger partial charge in [0.05, 0.1) is 6.26 Å². The molecule has 0 fully saturated rings. The minimum absolute atomic E-state index is 0. The van der Waals surface area contributed by atoms with Crippen molar-refractivity contribution in [2.75, 3.05) is 0 Å². The molecule has 0 amide bonds. The van der Waals surface area contributed by atoms with E-state index < -0.39 is 0 Å². The van der Waals surface area contributed by atoms with Gasteiger partial charge in [-0.25, -0.2) is 0 Å². The van der Waals surface area contributed by atoms with Gasteiger partial charge in [0.25, 0.3) is 0 Å². The van der Waals surface area contributed by atoms with Crippen LogP contribution in [0.5, 0.6) is 0 Å². The number of carbonyl (C=O) groups excluding carboxylic acids is 1. The van der Waals surface area contributed by atoms with Gasteiger partial charge in [-0.1, -0.05) is 85.6 Å². The molecule has 0 bridgehead atoms. The number of carbonyl (C=O) groups is 1. The summed E-state index contributed by atoms with van der Waals surface area (Å²) in [7, 11) is 0. The molecule has 1 N–H and O–H groups in total. The Labute approximate surface area is 295 Å². The summed E-state index contributed by atoms with van der Waals surface area (Å²) in [6, 6.07) is 16.0. The van der Waals surface area contributed by atoms with Crippen LogP contribution in [0.3, 0.4) is 0 Å². The molecule has 0 unspecified atom stereocenters. The maximum atomic E-state index is 12.2. The first-order chi connectivity index (χ1) is 21.8. The van der Waals surface area contributed by atoms with E-state index in [9.17, 15) is 9.90 Å². The second-order valence-electron chi connectivity index (χ2n) is 13.9. The topological polar surface area (TPSA) is 76.5 Å². The molecule has 6 rings (SSSR count). The Morgan fingerprint density at radius 3 is 2.26 bits per heavy atom. The Balaban J connectivity index is 0.000000242. The summed E-state index contributed by atoms with van der Waals surface area (Å²) >= 11 is 1.77. The predicted molar refractivity (Wildman–Crippen MR) is 193 cm³/mol. The monoisotopic (exact) mass is 829 g/mol. The summed E-state index contributed by atoms with van der Waals surface area (Å²) in [5, 5.41) is 16.5. The van der Waals surface area contributed by atoms with Crippen molar-refractivity contribution in [3.05, 3.63) is 77.7 Å². The molecule has 251 valence electrons. The van der Waals surface area contributed by atoms with E-state index in [1.54, 1.807) is 17.6 Å². The average Bonchev–Trinajstić information content (AvgIpc) is 3.81. The largest absolute Gasteiger partial charge is 0.512 e. The molecular weight excluding hydrogens is 783 g/mol. The third kappa shape index (κ3) is 6.86. The van der Waals surface area contributed by atoms with Crippen LogP contribution in [0.15, 0.2) is 74.9 Å². The maximum absolute atomic E-state index is 12.2. The van der Waals surface area contributed by atoms with Crippen molar-refractivity contribution < 1.29 is 38.8 Å². The van der Waals surface area contributed by atoms with E-state index in [2.05, 4.69) is 56.5 Å². The van der Waals surface area contributed by atoms with Crippen molar-refractivity contribution in [3.8, 4) is 11.3 Å². The molecule has 47 heavy (non-hydrogen) atoms. The van der Waals surface area contributed by atoms with Gasteiger partial charge in [-0.2, -0.15) is 11.3 Å². The zero-order chi connectivity index (χ0) is 33.4. The number of aromatic nitrogens is 1. The van der Waals surface area contributed by atoms with Crippen LogP contribution in [0.1, 0.15) is 93.6 Å². The first-order valence-corrected chi connectivity index (χ1v) is 17.3. The average molecular weight is 829 g/mol. The summed E-state index contributed by atoms with van der Waals surface area (Å²) in [5.41, 5.74) is 4.98. The Hall–Kier alpha value is -3.25.